The van der Waals surface area contributed by atoms with Crippen LogP contribution >= 0.6 is 0 Å². The first-order chi connectivity index (χ1) is 7.96. The van der Waals surface area contributed by atoms with Gasteiger partial charge in [0.1, 0.15) is 11.8 Å². The van der Waals surface area contributed by atoms with Gasteiger partial charge in [-0.1, -0.05) is 17.7 Å². The molecular formula is C12H16NO3S+. The highest BCUT2D eigenvalue weighted by Gasteiger charge is 2.32. The van der Waals surface area contributed by atoms with Crippen LogP contribution in [0.1, 0.15) is 22.3 Å². The molecule has 4 nitrogen and oxygen atoms in total. The zero-order valence-electron chi connectivity index (χ0n) is 9.72. The summed E-state index contributed by atoms with van der Waals surface area (Å²) in [4.78, 5) is 11.9. The second-order valence-electron chi connectivity index (χ2n) is 4.56. The van der Waals surface area contributed by atoms with Crippen molar-refractivity contribution in [2.75, 3.05) is 11.5 Å². The molecule has 1 amide bonds. The van der Waals surface area contributed by atoms with Crippen molar-refractivity contribution in [2.24, 2.45) is 0 Å². The van der Waals surface area contributed by atoms with E-state index in [1.54, 1.807) is 17.4 Å². The molecule has 1 saturated heterocycles. The Morgan fingerprint density at radius 2 is 1.94 bits per heavy atom. The molecule has 0 bridgehead atoms. The van der Waals surface area contributed by atoms with Crippen molar-refractivity contribution in [3.63, 3.8) is 0 Å². The maximum absolute atomic E-state index is 11.9. The van der Waals surface area contributed by atoms with Gasteiger partial charge < -0.3 is 0 Å². The Morgan fingerprint density at radius 1 is 1.29 bits per heavy atom. The summed E-state index contributed by atoms with van der Waals surface area (Å²) in [6, 6.07) is 7.20. The van der Waals surface area contributed by atoms with Crippen molar-refractivity contribution in [3.05, 3.63) is 35.4 Å². The molecule has 1 fully saturated rings. The monoisotopic (exact) mass is 254 g/mol. The lowest BCUT2D eigenvalue weighted by Crippen LogP contribution is -2.93. The van der Waals surface area contributed by atoms with E-state index in [1.165, 1.54) is 0 Å². The van der Waals surface area contributed by atoms with Gasteiger partial charge >= 0.3 is 5.91 Å². The minimum absolute atomic E-state index is 0.0768. The van der Waals surface area contributed by atoms with E-state index >= 15 is 0 Å². The van der Waals surface area contributed by atoms with Gasteiger partial charge in [-0.25, -0.2) is 13.2 Å². The highest BCUT2D eigenvalue weighted by Crippen LogP contribution is 2.08. The fourth-order valence-electron chi connectivity index (χ4n) is 1.98. The number of rotatable bonds is 2. The standard InChI is InChI=1S/C12H15NO3S/c1-9-2-4-10(5-3-9)12(14)13-11-6-7-17(15,16)8-11/h2-5,11H,6-8H2,1H3,(H,13,14)/p+1. The van der Waals surface area contributed by atoms with Crippen molar-refractivity contribution < 1.29 is 18.5 Å². The van der Waals surface area contributed by atoms with Crippen molar-refractivity contribution in [1.29, 1.82) is 0 Å². The molecule has 2 N–H and O–H groups in total. The number of nitrogens with two attached hydrogens (primary N) is 1. The molecule has 1 atom stereocenters. The molecule has 2 rings (SSSR count). The molecule has 0 aliphatic carbocycles. The normalized spacial score (nSPS) is 22.5. The summed E-state index contributed by atoms with van der Waals surface area (Å²) in [6.45, 7) is 1.96. The van der Waals surface area contributed by atoms with Crippen molar-refractivity contribution in [1.82, 2.24) is 0 Å². The van der Waals surface area contributed by atoms with Crippen LogP contribution in [0, 0.1) is 6.92 Å². The Morgan fingerprint density at radius 3 is 2.47 bits per heavy atom. The molecular weight excluding hydrogens is 238 g/mol. The summed E-state index contributed by atoms with van der Waals surface area (Å²) in [7, 11) is -2.91. The predicted molar refractivity (Wildman–Crippen MR) is 64.5 cm³/mol. The van der Waals surface area contributed by atoms with Gasteiger partial charge in [0.25, 0.3) is 0 Å². The molecule has 0 saturated carbocycles. The number of aryl methyl sites for hydroxylation is 1. The molecule has 17 heavy (non-hydrogen) atoms. The minimum atomic E-state index is -2.91. The predicted octanol–water partition coefficient (Wildman–Crippen LogP) is -0.114. The zero-order chi connectivity index (χ0) is 12.5. The van der Waals surface area contributed by atoms with E-state index in [0.717, 1.165) is 5.56 Å². The van der Waals surface area contributed by atoms with Crippen molar-refractivity contribution in [3.8, 4) is 0 Å². The molecule has 0 aromatic heterocycles. The SMILES string of the molecule is Cc1ccc(C(=O)[NH2+]C2CCS(=O)(=O)C2)cc1. The molecule has 0 spiro atoms. The molecule has 1 unspecified atom stereocenters. The first-order valence-corrected chi connectivity index (χ1v) is 7.45. The third kappa shape index (κ3) is 3.14. The average Bonchev–Trinajstić information content (AvgIpc) is 2.59. The topological polar surface area (TPSA) is 67.8 Å². The van der Waals surface area contributed by atoms with Gasteiger partial charge in [-0.2, -0.15) is 0 Å². The summed E-state index contributed by atoms with van der Waals surface area (Å²) in [5.41, 5.74) is 1.73. The lowest BCUT2D eigenvalue weighted by atomic mass is 10.1. The second kappa shape index (κ2) is 4.58. The summed E-state index contributed by atoms with van der Waals surface area (Å²) in [5.74, 6) is 0.243. The summed E-state index contributed by atoms with van der Waals surface area (Å²) >= 11 is 0. The molecule has 1 aromatic carbocycles. The van der Waals surface area contributed by atoms with Gasteiger partial charge in [-0.05, 0) is 19.1 Å². The molecule has 92 valence electrons. The van der Waals surface area contributed by atoms with Gasteiger partial charge in [0, 0.05) is 6.42 Å². The van der Waals surface area contributed by atoms with Crippen LogP contribution in [0.3, 0.4) is 0 Å². The molecule has 0 radical (unpaired) electrons. The van der Waals surface area contributed by atoms with Crippen LogP contribution in [-0.4, -0.2) is 31.9 Å². The molecule has 5 heteroatoms. The zero-order valence-corrected chi connectivity index (χ0v) is 10.5. The van der Waals surface area contributed by atoms with E-state index in [0.29, 0.717) is 12.0 Å². The van der Waals surface area contributed by atoms with Crippen LogP contribution in [0.5, 0.6) is 0 Å². The fraction of sp³-hybridized carbons (Fsp3) is 0.417. The van der Waals surface area contributed by atoms with Gasteiger partial charge in [0.15, 0.2) is 9.84 Å². The summed E-state index contributed by atoms with van der Waals surface area (Å²) in [6.07, 6.45) is 0.569. The Kier molecular flexibility index (Phi) is 3.31. The van der Waals surface area contributed by atoms with Gasteiger partial charge in [-0.3, -0.25) is 5.32 Å². The van der Waals surface area contributed by atoms with E-state index in [1.807, 2.05) is 19.1 Å². The maximum Gasteiger partial charge on any atom is 0.342 e. The number of hydrogen-bond donors (Lipinski definition) is 1. The van der Waals surface area contributed by atoms with Crippen LogP contribution in [0.2, 0.25) is 0 Å². The van der Waals surface area contributed by atoms with Crippen LogP contribution in [0.25, 0.3) is 0 Å². The fourth-order valence-corrected chi connectivity index (χ4v) is 3.73. The van der Waals surface area contributed by atoms with E-state index in [2.05, 4.69) is 0 Å². The van der Waals surface area contributed by atoms with Crippen molar-refractivity contribution in [2.45, 2.75) is 19.4 Å². The third-order valence-corrected chi connectivity index (χ3v) is 4.78. The minimum Gasteiger partial charge on any atom is -0.275 e. The van der Waals surface area contributed by atoms with Gasteiger partial charge in [-0.15, -0.1) is 0 Å². The van der Waals surface area contributed by atoms with E-state index in [-0.39, 0.29) is 23.5 Å². The number of carbonyl (C=O) groups is 1. The number of sulfone groups is 1. The molecule has 1 heterocycles. The quantitative estimate of drug-likeness (QED) is 0.800. The number of hydrogen-bond acceptors (Lipinski definition) is 3. The Hall–Kier alpha value is -1.20. The molecule has 1 aliphatic rings. The number of primary amides is 1. The Labute approximate surface area is 101 Å². The number of carbonyl (C=O) groups excluding carboxylic acids is 1. The second-order valence-corrected chi connectivity index (χ2v) is 6.79. The lowest BCUT2D eigenvalue weighted by molar-refractivity contribution is -0.588. The van der Waals surface area contributed by atoms with Crippen LogP contribution < -0.4 is 5.32 Å². The first-order valence-electron chi connectivity index (χ1n) is 5.62. The Balaban J connectivity index is 2.01. The van der Waals surface area contributed by atoms with E-state index in [4.69, 9.17) is 0 Å². The third-order valence-electron chi connectivity index (χ3n) is 2.99. The Bertz CT molecular complexity index is 519. The van der Waals surface area contributed by atoms with E-state index < -0.39 is 9.84 Å². The maximum atomic E-state index is 11.9. The first kappa shape index (κ1) is 12.3. The molecule has 1 aliphatic heterocycles. The molecule has 1 aromatic rings. The van der Waals surface area contributed by atoms with Crippen LogP contribution in [-0.2, 0) is 9.84 Å². The highest BCUT2D eigenvalue weighted by molar-refractivity contribution is 7.91. The summed E-state index contributed by atoms with van der Waals surface area (Å²) in [5, 5.41) is 1.55. The lowest BCUT2D eigenvalue weighted by Gasteiger charge is -2.05. The highest BCUT2D eigenvalue weighted by atomic mass is 32.2. The van der Waals surface area contributed by atoms with Gasteiger partial charge in [0.2, 0.25) is 0 Å². The number of quaternary nitrogens is 1. The van der Waals surface area contributed by atoms with Crippen LogP contribution in [0.15, 0.2) is 24.3 Å². The summed E-state index contributed by atoms with van der Waals surface area (Å²) < 4.78 is 22.5. The number of amides is 1. The van der Waals surface area contributed by atoms with E-state index in [9.17, 15) is 13.2 Å². The van der Waals surface area contributed by atoms with Gasteiger partial charge in [0.05, 0.1) is 11.3 Å². The average molecular weight is 254 g/mol. The smallest absolute Gasteiger partial charge is 0.275 e. The largest absolute Gasteiger partial charge is 0.342 e. The number of benzene rings is 1. The van der Waals surface area contributed by atoms with Crippen LogP contribution in [0.4, 0.5) is 0 Å². The van der Waals surface area contributed by atoms with Crippen molar-refractivity contribution >= 4 is 15.7 Å².